The van der Waals surface area contributed by atoms with Crippen molar-refractivity contribution < 1.29 is 41.5 Å². The van der Waals surface area contributed by atoms with Gasteiger partial charge in [0.05, 0.1) is 23.3 Å². The van der Waals surface area contributed by atoms with Gasteiger partial charge in [0.25, 0.3) is 5.91 Å². The fraction of sp³-hybridized carbons (Fsp3) is 0.0741. The molecule has 0 saturated heterocycles. The van der Waals surface area contributed by atoms with E-state index in [9.17, 15) is 32.5 Å². The van der Waals surface area contributed by atoms with Gasteiger partial charge < -0.3 is 19.5 Å². The molecule has 1 amide bonds. The molecule has 0 aromatic heterocycles. The second-order valence-electron chi connectivity index (χ2n) is 8.03. The number of benzene rings is 4. The summed E-state index contributed by atoms with van der Waals surface area (Å²) in [6.07, 6.45) is -4.79. The number of carbonyl (C=O) groups excluding carboxylic acids is 1. The normalized spacial score (nSPS) is 11.1. The summed E-state index contributed by atoms with van der Waals surface area (Å²) in [7, 11) is 1.24. The van der Waals surface area contributed by atoms with Gasteiger partial charge in [0.1, 0.15) is 0 Å². The molecule has 0 radical (unpaired) electrons. The van der Waals surface area contributed by atoms with Crippen LogP contribution < -0.4 is 19.5 Å². The van der Waals surface area contributed by atoms with E-state index in [1.807, 2.05) is 0 Å². The Labute approximate surface area is 228 Å². The molecule has 4 aromatic rings. The molecule has 0 aliphatic heterocycles. The minimum atomic E-state index is -4.79. The molecular formula is C27H17ClF4N2O6. The number of halogens is 5. The molecule has 1 N–H and O–H groups in total. The summed E-state index contributed by atoms with van der Waals surface area (Å²) < 4.78 is 69.4. The largest absolute Gasteiger partial charge is 0.493 e. The molecule has 0 atom stereocenters. The zero-order chi connectivity index (χ0) is 29.0. The Kier molecular flexibility index (Phi) is 8.10. The van der Waals surface area contributed by atoms with Crippen molar-refractivity contribution in [2.45, 2.75) is 6.18 Å². The summed E-state index contributed by atoms with van der Waals surface area (Å²) in [5.41, 5.74) is -1.96. The highest BCUT2D eigenvalue weighted by Gasteiger charge is 2.33. The molecule has 0 spiro atoms. The summed E-state index contributed by atoms with van der Waals surface area (Å²) >= 11 is 6.07. The fourth-order valence-corrected chi connectivity index (χ4v) is 3.64. The minimum Gasteiger partial charge on any atom is -0.493 e. The van der Waals surface area contributed by atoms with Gasteiger partial charge >= 0.3 is 11.9 Å². The number of rotatable bonds is 8. The van der Waals surface area contributed by atoms with E-state index in [-0.39, 0.29) is 39.3 Å². The maximum Gasteiger partial charge on any atom is 0.416 e. The Morgan fingerprint density at radius 2 is 1.55 bits per heavy atom. The van der Waals surface area contributed by atoms with Gasteiger partial charge in [-0.2, -0.15) is 13.2 Å². The lowest BCUT2D eigenvalue weighted by Crippen LogP contribution is -2.13. The van der Waals surface area contributed by atoms with Crippen LogP contribution in [0.15, 0.2) is 78.9 Å². The monoisotopic (exact) mass is 576 g/mol. The molecule has 13 heteroatoms. The van der Waals surface area contributed by atoms with Crippen LogP contribution in [0, 0.1) is 15.9 Å². The molecule has 4 aromatic carbocycles. The maximum absolute atomic E-state index is 14.1. The maximum atomic E-state index is 14.1. The number of methoxy groups -OCH3 is 1. The molecule has 0 aliphatic carbocycles. The van der Waals surface area contributed by atoms with Gasteiger partial charge in [-0.25, -0.2) is 4.39 Å². The van der Waals surface area contributed by atoms with Crippen LogP contribution in [0.3, 0.4) is 0 Å². The van der Waals surface area contributed by atoms with E-state index in [4.69, 9.17) is 25.8 Å². The Morgan fingerprint density at radius 3 is 2.23 bits per heavy atom. The van der Waals surface area contributed by atoms with Gasteiger partial charge in [0, 0.05) is 16.7 Å². The van der Waals surface area contributed by atoms with Gasteiger partial charge in [0.2, 0.25) is 5.75 Å². The fourth-order valence-electron chi connectivity index (χ4n) is 3.46. The highest BCUT2D eigenvalue weighted by Crippen LogP contribution is 2.40. The molecule has 0 heterocycles. The number of nitrogens with zero attached hydrogens (tertiary/aromatic N) is 1. The number of nitro benzene ring substituents is 1. The first-order valence-electron chi connectivity index (χ1n) is 11.2. The van der Waals surface area contributed by atoms with Crippen molar-refractivity contribution in [1.82, 2.24) is 0 Å². The first kappa shape index (κ1) is 28.2. The molecule has 0 fully saturated rings. The van der Waals surface area contributed by atoms with Crippen molar-refractivity contribution in [1.29, 1.82) is 0 Å². The average molecular weight is 577 g/mol. The third-order valence-electron chi connectivity index (χ3n) is 5.38. The summed E-state index contributed by atoms with van der Waals surface area (Å²) in [4.78, 5) is 23.4. The first-order chi connectivity index (χ1) is 19.0. The standard InChI is InChI=1S/C27H17ClF4N2O6/c1-38-25-12-15(6-9-24(25)40-23-10-7-16(27(30,31)32)13-20(23)34(36)37)26(35)33-19-14-17(28)8-11-22(19)39-21-5-3-2-4-18(21)29/h2-14H,1H3,(H,33,35). The summed E-state index contributed by atoms with van der Waals surface area (Å²) in [6, 6.07) is 15.6. The summed E-state index contributed by atoms with van der Waals surface area (Å²) in [5, 5.41) is 14.3. The third kappa shape index (κ3) is 6.41. The van der Waals surface area contributed by atoms with Gasteiger partial charge in [0.15, 0.2) is 28.8 Å². The number of anilines is 1. The Bertz CT molecular complexity index is 1600. The summed E-state index contributed by atoms with van der Waals surface area (Å²) in [5.74, 6) is -1.88. The smallest absolute Gasteiger partial charge is 0.416 e. The number of para-hydroxylation sites is 1. The van der Waals surface area contributed by atoms with Gasteiger partial charge in [-0.1, -0.05) is 23.7 Å². The summed E-state index contributed by atoms with van der Waals surface area (Å²) in [6.45, 7) is 0. The second kappa shape index (κ2) is 11.5. The number of nitro groups is 1. The number of hydrogen-bond acceptors (Lipinski definition) is 6. The zero-order valence-corrected chi connectivity index (χ0v) is 21.0. The first-order valence-corrected chi connectivity index (χ1v) is 11.6. The molecule has 0 unspecified atom stereocenters. The average Bonchev–Trinajstić information content (AvgIpc) is 2.91. The predicted octanol–water partition coefficient (Wildman–Crippen LogP) is 8.25. The van der Waals surface area contributed by atoms with E-state index in [1.54, 1.807) is 6.07 Å². The van der Waals surface area contributed by atoms with Crippen molar-refractivity contribution in [3.63, 3.8) is 0 Å². The van der Waals surface area contributed by atoms with E-state index in [1.165, 1.54) is 61.7 Å². The van der Waals surface area contributed by atoms with Crippen LogP contribution in [-0.2, 0) is 6.18 Å². The molecule has 8 nitrogen and oxygen atoms in total. The van der Waals surface area contributed by atoms with Crippen LogP contribution in [0.4, 0.5) is 28.9 Å². The number of ether oxygens (including phenoxy) is 3. The Hall–Kier alpha value is -4.84. The van der Waals surface area contributed by atoms with Gasteiger partial charge in [-0.3, -0.25) is 14.9 Å². The van der Waals surface area contributed by atoms with Crippen LogP contribution in [0.5, 0.6) is 28.7 Å². The van der Waals surface area contributed by atoms with Crippen LogP contribution in [0.25, 0.3) is 0 Å². The van der Waals surface area contributed by atoms with Crippen LogP contribution >= 0.6 is 11.6 Å². The lowest BCUT2D eigenvalue weighted by atomic mass is 10.1. The number of hydrogen-bond donors (Lipinski definition) is 1. The molecule has 4 rings (SSSR count). The minimum absolute atomic E-state index is 0.0444. The number of nitrogens with one attached hydrogen (secondary N) is 1. The van der Waals surface area contributed by atoms with Crippen molar-refractivity contribution in [3.8, 4) is 28.7 Å². The predicted molar refractivity (Wildman–Crippen MR) is 137 cm³/mol. The van der Waals surface area contributed by atoms with E-state index >= 15 is 0 Å². The van der Waals surface area contributed by atoms with E-state index in [0.29, 0.717) is 12.1 Å². The van der Waals surface area contributed by atoms with E-state index in [2.05, 4.69) is 5.32 Å². The van der Waals surface area contributed by atoms with E-state index < -0.39 is 39.8 Å². The number of amides is 1. The highest BCUT2D eigenvalue weighted by molar-refractivity contribution is 6.31. The highest BCUT2D eigenvalue weighted by atomic mass is 35.5. The zero-order valence-electron chi connectivity index (χ0n) is 20.3. The van der Waals surface area contributed by atoms with E-state index in [0.717, 1.165) is 6.07 Å². The number of carbonyl (C=O) groups is 1. The van der Waals surface area contributed by atoms with Crippen LogP contribution in [0.1, 0.15) is 15.9 Å². The molecular weight excluding hydrogens is 560 g/mol. The molecule has 0 bridgehead atoms. The molecule has 40 heavy (non-hydrogen) atoms. The third-order valence-corrected chi connectivity index (χ3v) is 5.61. The van der Waals surface area contributed by atoms with Crippen molar-refractivity contribution in [2.24, 2.45) is 0 Å². The van der Waals surface area contributed by atoms with Crippen molar-refractivity contribution in [2.75, 3.05) is 12.4 Å². The molecule has 0 saturated carbocycles. The SMILES string of the molecule is COc1cc(C(=O)Nc2cc(Cl)ccc2Oc2ccccc2F)ccc1Oc1ccc(C(F)(F)F)cc1[N+](=O)[O-]. The lowest BCUT2D eigenvalue weighted by Gasteiger charge is -2.15. The van der Waals surface area contributed by atoms with Crippen LogP contribution in [-0.4, -0.2) is 17.9 Å². The van der Waals surface area contributed by atoms with Gasteiger partial charge in [-0.15, -0.1) is 0 Å². The topological polar surface area (TPSA) is 99.9 Å². The lowest BCUT2D eigenvalue weighted by molar-refractivity contribution is -0.385. The number of alkyl halides is 3. The van der Waals surface area contributed by atoms with Crippen molar-refractivity contribution in [3.05, 3.63) is 111 Å². The Balaban J connectivity index is 1.59. The Morgan fingerprint density at radius 1 is 0.875 bits per heavy atom. The van der Waals surface area contributed by atoms with Crippen LogP contribution in [0.2, 0.25) is 5.02 Å². The van der Waals surface area contributed by atoms with Gasteiger partial charge in [-0.05, 0) is 60.7 Å². The molecule has 206 valence electrons. The second-order valence-corrected chi connectivity index (χ2v) is 8.47. The quantitative estimate of drug-likeness (QED) is 0.129. The molecule has 0 aliphatic rings. The van der Waals surface area contributed by atoms with Crippen molar-refractivity contribution >= 4 is 28.9 Å².